The van der Waals surface area contributed by atoms with Gasteiger partial charge in [-0.2, -0.15) is 0 Å². The minimum Gasteiger partial charge on any atom is -0.368 e. The summed E-state index contributed by atoms with van der Waals surface area (Å²) in [5, 5.41) is 0.618. The van der Waals surface area contributed by atoms with Crippen molar-refractivity contribution in [2.75, 3.05) is 36.0 Å². The molecule has 0 atom stereocenters. The van der Waals surface area contributed by atoms with Crippen LogP contribution in [0, 0.1) is 6.92 Å². The smallest absolute Gasteiger partial charge is 0.268 e. The van der Waals surface area contributed by atoms with Crippen molar-refractivity contribution < 1.29 is 13.2 Å². The van der Waals surface area contributed by atoms with Crippen molar-refractivity contribution >= 4 is 38.8 Å². The SMILES string of the molecule is Cc1ccc(S(=O)(=O)n2cc(C=O)c3cc(N4CCN(c5ncccn5)CC4)ccc32)cc1. The van der Waals surface area contributed by atoms with Crippen LogP contribution >= 0.6 is 0 Å². The summed E-state index contributed by atoms with van der Waals surface area (Å²) < 4.78 is 27.7. The number of nitrogens with zero attached hydrogens (tertiary/aromatic N) is 5. The standard InChI is InChI=1S/C24H23N5O3S/c1-18-3-6-21(7-4-18)33(31,32)29-16-19(17-30)22-15-20(5-8-23(22)29)27-11-13-28(14-12-27)24-25-9-2-10-26-24/h2-10,15-17H,11-14H2,1H3. The zero-order valence-corrected chi connectivity index (χ0v) is 18.9. The van der Waals surface area contributed by atoms with Crippen LogP contribution in [0.15, 0.2) is 72.0 Å². The number of aryl methyl sites for hydroxylation is 1. The maximum Gasteiger partial charge on any atom is 0.268 e. The number of carbonyl (C=O) groups excluding carboxylic acids is 1. The van der Waals surface area contributed by atoms with Crippen LogP contribution in [0.1, 0.15) is 15.9 Å². The lowest BCUT2D eigenvalue weighted by molar-refractivity contribution is 0.112. The van der Waals surface area contributed by atoms with Gasteiger partial charge in [-0.3, -0.25) is 4.79 Å². The van der Waals surface area contributed by atoms with E-state index in [1.165, 1.54) is 10.2 Å². The van der Waals surface area contributed by atoms with Crippen molar-refractivity contribution in [1.29, 1.82) is 0 Å². The quantitative estimate of drug-likeness (QED) is 0.422. The summed E-state index contributed by atoms with van der Waals surface area (Å²) in [5.74, 6) is 0.717. The number of piperazine rings is 1. The molecule has 0 radical (unpaired) electrons. The van der Waals surface area contributed by atoms with Gasteiger partial charge in [-0.1, -0.05) is 17.7 Å². The van der Waals surface area contributed by atoms with Crippen LogP contribution in [-0.2, 0) is 10.0 Å². The number of carbonyl (C=O) groups is 1. The van der Waals surface area contributed by atoms with Gasteiger partial charge in [0.2, 0.25) is 5.95 Å². The monoisotopic (exact) mass is 461 g/mol. The van der Waals surface area contributed by atoms with Crippen LogP contribution in [0.3, 0.4) is 0 Å². The number of fused-ring (bicyclic) bond motifs is 1. The highest BCUT2D eigenvalue weighted by Crippen LogP contribution is 2.30. The number of hydrogen-bond acceptors (Lipinski definition) is 7. The Morgan fingerprint density at radius 1 is 0.909 bits per heavy atom. The molecule has 5 rings (SSSR count). The largest absolute Gasteiger partial charge is 0.368 e. The molecule has 168 valence electrons. The Balaban J connectivity index is 1.46. The predicted octanol–water partition coefficient (Wildman–Crippen LogP) is 3.12. The summed E-state index contributed by atoms with van der Waals surface area (Å²) in [5.41, 5.74) is 2.75. The normalized spacial score (nSPS) is 14.6. The van der Waals surface area contributed by atoms with Gasteiger partial charge in [-0.15, -0.1) is 0 Å². The number of aldehydes is 1. The lowest BCUT2D eigenvalue weighted by Crippen LogP contribution is -2.47. The molecule has 33 heavy (non-hydrogen) atoms. The Morgan fingerprint density at radius 2 is 1.58 bits per heavy atom. The molecule has 0 N–H and O–H groups in total. The van der Waals surface area contributed by atoms with Crippen LogP contribution in [0.4, 0.5) is 11.6 Å². The van der Waals surface area contributed by atoms with E-state index in [-0.39, 0.29) is 4.90 Å². The van der Waals surface area contributed by atoms with Gasteiger partial charge in [-0.25, -0.2) is 22.4 Å². The molecule has 2 aromatic heterocycles. The lowest BCUT2D eigenvalue weighted by atomic mass is 10.1. The van der Waals surface area contributed by atoms with Crippen molar-refractivity contribution in [1.82, 2.24) is 13.9 Å². The topological polar surface area (TPSA) is 88.4 Å². The van der Waals surface area contributed by atoms with Gasteiger partial charge in [-0.05, 0) is 43.3 Å². The number of rotatable bonds is 5. The molecular weight excluding hydrogens is 438 g/mol. The van der Waals surface area contributed by atoms with Gasteiger partial charge in [0, 0.05) is 61.4 Å². The molecule has 0 amide bonds. The molecule has 2 aromatic carbocycles. The van der Waals surface area contributed by atoms with Gasteiger partial charge < -0.3 is 9.80 Å². The van der Waals surface area contributed by atoms with Crippen LogP contribution in [0.5, 0.6) is 0 Å². The molecule has 9 heteroatoms. The molecule has 1 aliphatic heterocycles. The van der Waals surface area contributed by atoms with Gasteiger partial charge in [0.1, 0.15) is 0 Å². The summed E-state index contributed by atoms with van der Waals surface area (Å²) >= 11 is 0. The first-order valence-corrected chi connectivity index (χ1v) is 12.1. The minimum absolute atomic E-state index is 0.186. The van der Waals surface area contributed by atoms with Crippen LogP contribution < -0.4 is 9.80 Å². The third-order valence-corrected chi connectivity index (χ3v) is 7.66. The number of aromatic nitrogens is 3. The van der Waals surface area contributed by atoms with Crippen molar-refractivity contribution in [3.8, 4) is 0 Å². The Morgan fingerprint density at radius 3 is 2.24 bits per heavy atom. The Hall–Kier alpha value is -3.72. The molecular formula is C24H23N5O3S. The van der Waals surface area contributed by atoms with Crippen LogP contribution in [-0.4, -0.2) is 54.8 Å². The Labute approximate surface area is 192 Å². The molecule has 0 spiro atoms. The Bertz CT molecular complexity index is 1410. The maximum absolute atomic E-state index is 13.3. The molecule has 1 aliphatic rings. The second-order valence-electron chi connectivity index (χ2n) is 8.04. The lowest BCUT2D eigenvalue weighted by Gasteiger charge is -2.36. The summed E-state index contributed by atoms with van der Waals surface area (Å²) in [4.78, 5) is 25.0. The molecule has 3 heterocycles. The minimum atomic E-state index is -3.82. The first-order chi connectivity index (χ1) is 16.0. The van der Waals surface area contributed by atoms with E-state index in [4.69, 9.17) is 0 Å². The van der Waals surface area contributed by atoms with E-state index in [9.17, 15) is 13.2 Å². The molecule has 0 bridgehead atoms. The highest BCUT2D eigenvalue weighted by molar-refractivity contribution is 7.90. The average molecular weight is 462 g/mol. The summed E-state index contributed by atoms with van der Waals surface area (Å²) in [6.45, 7) is 4.97. The highest BCUT2D eigenvalue weighted by atomic mass is 32.2. The van der Waals surface area contributed by atoms with Crippen molar-refractivity contribution in [2.24, 2.45) is 0 Å². The fourth-order valence-electron chi connectivity index (χ4n) is 4.15. The number of hydrogen-bond donors (Lipinski definition) is 0. The first-order valence-electron chi connectivity index (χ1n) is 10.7. The van der Waals surface area contributed by atoms with Crippen LogP contribution in [0.25, 0.3) is 10.9 Å². The summed E-state index contributed by atoms with van der Waals surface area (Å²) in [6.07, 6.45) is 5.58. The fourth-order valence-corrected chi connectivity index (χ4v) is 5.52. The van der Waals surface area contributed by atoms with E-state index >= 15 is 0 Å². The summed E-state index contributed by atoms with van der Waals surface area (Å²) in [7, 11) is -3.82. The highest BCUT2D eigenvalue weighted by Gasteiger charge is 2.23. The van der Waals surface area contributed by atoms with Gasteiger partial charge >= 0.3 is 0 Å². The molecule has 0 saturated carbocycles. The van der Waals surface area contributed by atoms with Crippen molar-refractivity contribution in [3.63, 3.8) is 0 Å². The van der Waals surface area contributed by atoms with E-state index in [1.54, 1.807) is 48.8 Å². The van der Waals surface area contributed by atoms with Gasteiger partial charge in [0.15, 0.2) is 6.29 Å². The van der Waals surface area contributed by atoms with E-state index in [2.05, 4.69) is 19.8 Å². The van der Waals surface area contributed by atoms with Crippen molar-refractivity contribution in [2.45, 2.75) is 11.8 Å². The molecule has 0 aliphatic carbocycles. The third-order valence-electron chi connectivity index (χ3n) is 5.97. The predicted molar refractivity (Wildman–Crippen MR) is 128 cm³/mol. The second-order valence-corrected chi connectivity index (χ2v) is 9.86. The average Bonchev–Trinajstić information content (AvgIpc) is 3.24. The molecule has 1 saturated heterocycles. The van der Waals surface area contributed by atoms with E-state index < -0.39 is 10.0 Å². The second kappa shape index (κ2) is 8.32. The fraction of sp³-hybridized carbons (Fsp3) is 0.208. The van der Waals surface area contributed by atoms with E-state index in [0.29, 0.717) is 28.7 Å². The molecule has 1 fully saturated rings. The zero-order chi connectivity index (χ0) is 23.0. The number of benzene rings is 2. The summed E-state index contributed by atoms with van der Waals surface area (Å²) in [6, 6.07) is 14.1. The molecule has 0 unspecified atom stereocenters. The zero-order valence-electron chi connectivity index (χ0n) is 18.1. The van der Waals surface area contributed by atoms with Crippen LogP contribution in [0.2, 0.25) is 0 Å². The molecule has 8 nitrogen and oxygen atoms in total. The maximum atomic E-state index is 13.3. The van der Waals surface area contributed by atoms with E-state index in [0.717, 1.165) is 37.4 Å². The van der Waals surface area contributed by atoms with Gasteiger partial charge in [0.05, 0.1) is 10.4 Å². The van der Waals surface area contributed by atoms with Gasteiger partial charge in [0.25, 0.3) is 10.0 Å². The molecule has 4 aromatic rings. The third kappa shape index (κ3) is 3.84. The number of anilines is 2. The first kappa shape index (κ1) is 21.1. The Kier molecular flexibility index (Phi) is 5.33. The van der Waals surface area contributed by atoms with Crippen molar-refractivity contribution in [3.05, 3.63) is 78.2 Å². The van der Waals surface area contributed by atoms with E-state index in [1.807, 2.05) is 19.1 Å².